The molecule has 0 radical (unpaired) electrons. The summed E-state index contributed by atoms with van der Waals surface area (Å²) in [7, 11) is -2.07. The Morgan fingerprint density at radius 2 is 1.90 bits per heavy atom. The Balaban J connectivity index is 1.64. The van der Waals surface area contributed by atoms with Gasteiger partial charge in [0.05, 0.1) is 24.5 Å². The van der Waals surface area contributed by atoms with E-state index in [1.54, 1.807) is 31.4 Å². The molecule has 30 heavy (non-hydrogen) atoms. The lowest BCUT2D eigenvalue weighted by Gasteiger charge is -2.31. The molecular formula is C22H28N2O5S. The lowest BCUT2D eigenvalue weighted by Crippen LogP contribution is -2.45. The molecule has 1 fully saturated rings. The Hall–Kier alpha value is -2.58. The molecule has 1 amide bonds. The van der Waals surface area contributed by atoms with E-state index in [1.165, 1.54) is 4.31 Å². The van der Waals surface area contributed by atoms with E-state index in [1.807, 2.05) is 31.2 Å². The fourth-order valence-electron chi connectivity index (χ4n) is 3.57. The Bertz CT molecular complexity index is 960. The summed E-state index contributed by atoms with van der Waals surface area (Å²) < 4.78 is 38.1. The second-order valence-electron chi connectivity index (χ2n) is 7.14. The number of rotatable bonds is 8. The molecule has 0 aliphatic carbocycles. The SMILES string of the molecule is CCOc1ccc(S(=O)(=O)N2CCC[C@@H](C(=O)NCc3ccccc3OC)C2)cc1. The van der Waals surface area contributed by atoms with Gasteiger partial charge in [0.2, 0.25) is 15.9 Å². The summed E-state index contributed by atoms with van der Waals surface area (Å²) in [5.74, 6) is 0.809. The first-order chi connectivity index (χ1) is 14.5. The summed E-state index contributed by atoms with van der Waals surface area (Å²) in [4.78, 5) is 12.9. The van der Waals surface area contributed by atoms with E-state index in [0.29, 0.717) is 44.0 Å². The number of nitrogens with one attached hydrogen (secondary N) is 1. The molecule has 1 heterocycles. The van der Waals surface area contributed by atoms with Crippen LogP contribution in [-0.4, -0.2) is 45.4 Å². The Morgan fingerprint density at radius 1 is 1.17 bits per heavy atom. The van der Waals surface area contributed by atoms with Crippen LogP contribution in [0.15, 0.2) is 53.4 Å². The number of carbonyl (C=O) groups excluding carboxylic acids is 1. The third kappa shape index (κ3) is 5.12. The number of hydrogen-bond acceptors (Lipinski definition) is 5. The molecule has 162 valence electrons. The third-order valence-corrected chi connectivity index (χ3v) is 7.05. The van der Waals surface area contributed by atoms with Crippen LogP contribution in [0.2, 0.25) is 0 Å². The van der Waals surface area contributed by atoms with Gasteiger partial charge in [0.15, 0.2) is 0 Å². The van der Waals surface area contributed by atoms with E-state index in [-0.39, 0.29) is 23.3 Å². The van der Waals surface area contributed by atoms with Gasteiger partial charge in [0.25, 0.3) is 0 Å². The van der Waals surface area contributed by atoms with Crippen LogP contribution in [-0.2, 0) is 21.4 Å². The monoisotopic (exact) mass is 432 g/mol. The minimum Gasteiger partial charge on any atom is -0.496 e. The number of para-hydroxylation sites is 1. The number of carbonyl (C=O) groups is 1. The number of methoxy groups -OCH3 is 1. The molecule has 1 N–H and O–H groups in total. The molecule has 1 aliphatic rings. The molecule has 1 saturated heterocycles. The normalized spacial score (nSPS) is 17.3. The Kier molecular flexibility index (Phi) is 7.33. The number of piperidine rings is 1. The highest BCUT2D eigenvalue weighted by Crippen LogP contribution is 2.25. The van der Waals surface area contributed by atoms with E-state index < -0.39 is 10.0 Å². The van der Waals surface area contributed by atoms with Crippen molar-refractivity contribution in [1.82, 2.24) is 9.62 Å². The van der Waals surface area contributed by atoms with Crippen LogP contribution in [0.5, 0.6) is 11.5 Å². The van der Waals surface area contributed by atoms with Gasteiger partial charge in [-0.25, -0.2) is 8.42 Å². The predicted octanol–water partition coefficient (Wildman–Crippen LogP) is 2.81. The second-order valence-corrected chi connectivity index (χ2v) is 9.07. The van der Waals surface area contributed by atoms with E-state index in [9.17, 15) is 13.2 Å². The van der Waals surface area contributed by atoms with Crippen molar-refractivity contribution in [3.63, 3.8) is 0 Å². The van der Waals surface area contributed by atoms with Crippen LogP contribution in [0, 0.1) is 5.92 Å². The molecule has 8 heteroatoms. The van der Waals surface area contributed by atoms with Gasteiger partial charge >= 0.3 is 0 Å². The largest absolute Gasteiger partial charge is 0.496 e. The topological polar surface area (TPSA) is 84.9 Å². The first kappa shape index (κ1) is 22.1. The maximum absolute atomic E-state index is 13.0. The predicted molar refractivity (Wildman–Crippen MR) is 114 cm³/mol. The van der Waals surface area contributed by atoms with Gasteiger partial charge < -0.3 is 14.8 Å². The maximum Gasteiger partial charge on any atom is 0.243 e. The van der Waals surface area contributed by atoms with Gasteiger partial charge in [-0.3, -0.25) is 4.79 Å². The molecular weight excluding hydrogens is 404 g/mol. The zero-order valence-corrected chi connectivity index (χ0v) is 18.2. The summed E-state index contributed by atoms with van der Waals surface area (Å²) in [5, 5.41) is 2.92. The Morgan fingerprint density at radius 3 is 2.60 bits per heavy atom. The lowest BCUT2D eigenvalue weighted by molar-refractivity contribution is -0.126. The minimum absolute atomic E-state index is 0.146. The summed E-state index contributed by atoms with van der Waals surface area (Å²) in [5.41, 5.74) is 0.878. The number of ether oxygens (including phenoxy) is 2. The van der Waals surface area contributed by atoms with Crippen molar-refractivity contribution in [1.29, 1.82) is 0 Å². The van der Waals surface area contributed by atoms with Gasteiger partial charge in [0.1, 0.15) is 11.5 Å². The van der Waals surface area contributed by atoms with Crippen LogP contribution in [0.1, 0.15) is 25.3 Å². The van der Waals surface area contributed by atoms with E-state index in [2.05, 4.69) is 5.32 Å². The van der Waals surface area contributed by atoms with Crippen molar-refractivity contribution >= 4 is 15.9 Å². The molecule has 0 unspecified atom stereocenters. The molecule has 2 aromatic rings. The van der Waals surface area contributed by atoms with Gasteiger partial charge in [-0.05, 0) is 50.1 Å². The zero-order valence-electron chi connectivity index (χ0n) is 17.3. The molecule has 0 saturated carbocycles. The van der Waals surface area contributed by atoms with Crippen molar-refractivity contribution < 1.29 is 22.7 Å². The highest BCUT2D eigenvalue weighted by Gasteiger charge is 2.33. The first-order valence-electron chi connectivity index (χ1n) is 10.1. The minimum atomic E-state index is -3.66. The molecule has 7 nitrogen and oxygen atoms in total. The molecule has 2 aromatic carbocycles. The van der Waals surface area contributed by atoms with Crippen molar-refractivity contribution in [2.45, 2.75) is 31.2 Å². The second kappa shape index (κ2) is 9.95. The van der Waals surface area contributed by atoms with E-state index in [0.717, 1.165) is 5.56 Å². The molecule has 0 spiro atoms. The Labute approximate surface area is 178 Å². The number of benzene rings is 2. The van der Waals surface area contributed by atoms with Gasteiger partial charge in [-0.2, -0.15) is 4.31 Å². The number of nitrogens with zero attached hydrogens (tertiary/aromatic N) is 1. The summed E-state index contributed by atoms with van der Waals surface area (Å²) in [6.07, 6.45) is 1.30. The number of hydrogen-bond donors (Lipinski definition) is 1. The molecule has 1 atom stereocenters. The van der Waals surface area contributed by atoms with Gasteiger partial charge in [-0.1, -0.05) is 18.2 Å². The van der Waals surface area contributed by atoms with E-state index >= 15 is 0 Å². The van der Waals surface area contributed by atoms with Crippen LogP contribution < -0.4 is 14.8 Å². The lowest BCUT2D eigenvalue weighted by atomic mass is 9.98. The standard InChI is InChI=1S/C22H28N2O5S/c1-3-29-19-10-12-20(13-11-19)30(26,27)24-14-6-8-18(16-24)22(25)23-15-17-7-4-5-9-21(17)28-2/h4-5,7,9-13,18H,3,6,8,14-16H2,1-2H3,(H,23,25)/t18-/m1/s1. The molecule has 1 aliphatic heterocycles. The highest BCUT2D eigenvalue weighted by atomic mass is 32.2. The first-order valence-corrected chi connectivity index (χ1v) is 11.5. The van der Waals surface area contributed by atoms with Crippen molar-refractivity contribution in [2.75, 3.05) is 26.8 Å². The van der Waals surface area contributed by atoms with Crippen LogP contribution in [0.3, 0.4) is 0 Å². The smallest absolute Gasteiger partial charge is 0.243 e. The summed E-state index contributed by atoms with van der Waals surface area (Å²) in [6.45, 7) is 3.31. The quantitative estimate of drug-likeness (QED) is 0.693. The van der Waals surface area contributed by atoms with Crippen LogP contribution >= 0.6 is 0 Å². The number of amides is 1. The average molecular weight is 433 g/mol. The van der Waals surface area contributed by atoms with Gasteiger partial charge in [-0.15, -0.1) is 0 Å². The summed E-state index contributed by atoms with van der Waals surface area (Å²) in [6, 6.07) is 13.9. The third-order valence-electron chi connectivity index (χ3n) is 5.17. The fourth-order valence-corrected chi connectivity index (χ4v) is 5.10. The molecule has 3 rings (SSSR count). The van der Waals surface area contributed by atoms with Gasteiger partial charge in [0, 0.05) is 25.2 Å². The zero-order chi connectivity index (χ0) is 21.6. The van der Waals surface area contributed by atoms with Crippen molar-refractivity contribution in [2.24, 2.45) is 5.92 Å². The maximum atomic E-state index is 13.0. The fraction of sp³-hybridized carbons (Fsp3) is 0.409. The average Bonchev–Trinajstić information content (AvgIpc) is 2.78. The van der Waals surface area contributed by atoms with Crippen LogP contribution in [0.25, 0.3) is 0 Å². The molecule has 0 bridgehead atoms. The van der Waals surface area contributed by atoms with E-state index in [4.69, 9.17) is 9.47 Å². The highest BCUT2D eigenvalue weighted by molar-refractivity contribution is 7.89. The summed E-state index contributed by atoms with van der Waals surface area (Å²) >= 11 is 0. The van der Waals surface area contributed by atoms with Crippen molar-refractivity contribution in [3.8, 4) is 11.5 Å². The number of sulfonamides is 1. The van der Waals surface area contributed by atoms with Crippen molar-refractivity contribution in [3.05, 3.63) is 54.1 Å². The van der Waals surface area contributed by atoms with Crippen LogP contribution in [0.4, 0.5) is 0 Å². The molecule has 0 aromatic heterocycles.